The maximum atomic E-state index is 11.8. The van der Waals surface area contributed by atoms with E-state index in [-0.39, 0.29) is 11.2 Å². The van der Waals surface area contributed by atoms with Crippen LogP contribution >= 0.6 is 12.6 Å². The van der Waals surface area contributed by atoms with Crippen molar-refractivity contribution in [2.75, 3.05) is 6.54 Å². The average Bonchev–Trinajstić information content (AvgIpc) is 2.20. The average molecular weight is 215 g/mol. The lowest BCUT2D eigenvalue weighted by Gasteiger charge is -2.34. The fraction of sp³-hybridized carbons (Fsp3) is 0.909. The van der Waals surface area contributed by atoms with E-state index in [9.17, 15) is 4.79 Å². The Hall–Kier alpha value is -0.180. The summed E-state index contributed by atoms with van der Waals surface area (Å²) in [5.74, 6) is 0.197. The van der Waals surface area contributed by atoms with Gasteiger partial charge in [-0.2, -0.15) is 12.6 Å². The van der Waals surface area contributed by atoms with Gasteiger partial charge in [-0.1, -0.05) is 19.3 Å². The number of rotatable bonds is 3. The number of carbonyl (C=O) groups is 1. The van der Waals surface area contributed by atoms with Crippen molar-refractivity contribution in [2.24, 2.45) is 0 Å². The lowest BCUT2D eigenvalue weighted by Crippen LogP contribution is -2.44. The summed E-state index contributed by atoms with van der Waals surface area (Å²) in [5.41, 5.74) is 0. The molecule has 0 bridgehead atoms. The molecule has 1 aliphatic rings. The lowest BCUT2D eigenvalue weighted by atomic mass is 9.94. The SMILES string of the molecule is CCN(C(=O)C(C)S)C1CCCCC1. The molecule has 0 heterocycles. The first-order valence-electron chi connectivity index (χ1n) is 5.65. The molecule has 1 atom stereocenters. The molecule has 0 saturated heterocycles. The van der Waals surface area contributed by atoms with Gasteiger partial charge in [0.25, 0.3) is 0 Å². The largest absolute Gasteiger partial charge is 0.339 e. The Kier molecular flexibility index (Phi) is 4.79. The quantitative estimate of drug-likeness (QED) is 0.717. The number of amides is 1. The highest BCUT2D eigenvalue weighted by Crippen LogP contribution is 2.23. The predicted octanol–water partition coefficient (Wildman–Crippen LogP) is 2.49. The van der Waals surface area contributed by atoms with E-state index in [1.807, 2.05) is 11.8 Å². The van der Waals surface area contributed by atoms with Crippen LogP contribution in [-0.4, -0.2) is 28.6 Å². The topological polar surface area (TPSA) is 20.3 Å². The van der Waals surface area contributed by atoms with Crippen molar-refractivity contribution in [2.45, 2.75) is 57.2 Å². The van der Waals surface area contributed by atoms with E-state index in [2.05, 4.69) is 19.6 Å². The van der Waals surface area contributed by atoms with E-state index < -0.39 is 0 Å². The first kappa shape index (κ1) is 11.9. The maximum Gasteiger partial charge on any atom is 0.235 e. The zero-order valence-corrected chi connectivity index (χ0v) is 10.1. The Balaban J connectivity index is 2.55. The van der Waals surface area contributed by atoms with Gasteiger partial charge in [0.1, 0.15) is 0 Å². The highest BCUT2D eigenvalue weighted by atomic mass is 32.1. The highest BCUT2D eigenvalue weighted by Gasteiger charge is 2.25. The normalized spacial score (nSPS) is 20.5. The van der Waals surface area contributed by atoms with Gasteiger partial charge in [-0.25, -0.2) is 0 Å². The molecule has 0 spiro atoms. The van der Waals surface area contributed by atoms with Crippen molar-refractivity contribution >= 4 is 18.5 Å². The second-order valence-corrected chi connectivity index (χ2v) is 4.87. The molecule has 0 aromatic heterocycles. The molecule has 14 heavy (non-hydrogen) atoms. The van der Waals surface area contributed by atoms with Crippen LogP contribution in [-0.2, 0) is 4.79 Å². The van der Waals surface area contributed by atoms with Crippen LogP contribution in [0.5, 0.6) is 0 Å². The standard InChI is InChI=1S/C11H21NOS/c1-3-12(11(13)9(2)14)10-7-5-4-6-8-10/h9-10,14H,3-8H2,1-2H3. The Bertz CT molecular complexity index is 188. The summed E-state index contributed by atoms with van der Waals surface area (Å²) < 4.78 is 0. The summed E-state index contributed by atoms with van der Waals surface area (Å²) in [6.07, 6.45) is 6.24. The molecule has 0 aliphatic heterocycles. The van der Waals surface area contributed by atoms with Gasteiger partial charge in [-0.3, -0.25) is 4.79 Å². The van der Waals surface area contributed by atoms with Crippen LogP contribution in [0.3, 0.4) is 0 Å². The molecule has 3 heteroatoms. The third-order valence-electron chi connectivity index (χ3n) is 3.00. The fourth-order valence-electron chi connectivity index (χ4n) is 2.23. The van der Waals surface area contributed by atoms with Crippen LogP contribution in [0.15, 0.2) is 0 Å². The Morgan fingerprint density at radius 1 is 1.43 bits per heavy atom. The summed E-state index contributed by atoms with van der Waals surface area (Å²) in [7, 11) is 0. The van der Waals surface area contributed by atoms with Gasteiger partial charge in [0, 0.05) is 12.6 Å². The fourth-order valence-corrected chi connectivity index (χ4v) is 2.37. The number of carbonyl (C=O) groups excluding carboxylic acids is 1. The molecule has 1 rings (SSSR count). The van der Waals surface area contributed by atoms with Crippen molar-refractivity contribution in [3.63, 3.8) is 0 Å². The van der Waals surface area contributed by atoms with Crippen LogP contribution < -0.4 is 0 Å². The van der Waals surface area contributed by atoms with Crippen LogP contribution in [0, 0.1) is 0 Å². The molecule has 1 fully saturated rings. The molecule has 0 aromatic rings. The van der Waals surface area contributed by atoms with E-state index in [0.29, 0.717) is 6.04 Å². The second kappa shape index (κ2) is 5.64. The van der Waals surface area contributed by atoms with Gasteiger partial charge in [0.05, 0.1) is 5.25 Å². The molecule has 1 unspecified atom stereocenters. The van der Waals surface area contributed by atoms with Gasteiger partial charge in [-0.05, 0) is 26.7 Å². The van der Waals surface area contributed by atoms with Crippen LogP contribution in [0.4, 0.5) is 0 Å². The maximum absolute atomic E-state index is 11.8. The molecular weight excluding hydrogens is 194 g/mol. The van der Waals surface area contributed by atoms with Gasteiger partial charge >= 0.3 is 0 Å². The zero-order valence-electron chi connectivity index (χ0n) is 9.20. The Morgan fingerprint density at radius 2 is 2.00 bits per heavy atom. The third-order valence-corrected chi connectivity index (χ3v) is 3.22. The third kappa shape index (κ3) is 2.91. The lowest BCUT2D eigenvalue weighted by molar-refractivity contribution is -0.133. The molecule has 2 nitrogen and oxygen atoms in total. The van der Waals surface area contributed by atoms with Crippen LogP contribution in [0.2, 0.25) is 0 Å². The molecule has 82 valence electrons. The minimum Gasteiger partial charge on any atom is -0.339 e. The van der Waals surface area contributed by atoms with Crippen molar-refractivity contribution in [1.82, 2.24) is 4.90 Å². The molecule has 0 radical (unpaired) electrons. The zero-order chi connectivity index (χ0) is 10.6. The number of thiol groups is 1. The van der Waals surface area contributed by atoms with Gasteiger partial charge in [0.2, 0.25) is 5.91 Å². The van der Waals surface area contributed by atoms with E-state index in [0.717, 1.165) is 6.54 Å². The molecule has 0 aromatic carbocycles. The minimum atomic E-state index is -0.156. The number of nitrogens with zero attached hydrogens (tertiary/aromatic N) is 1. The van der Waals surface area contributed by atoms with E-state index in [1.165, 1.54) is 32.1 Å². The smallest absolute Gasteiger partial charge is 0.235 e. The monoisotopic (exact) mass is 215 g/mol. The summed E-state index contributed by atoms with van der Waals surface area (Å²) in [6.45, 7) is 4.74. The molecule has 0 N–H and O–H groups in total. The van der Waals surface area contributed by atoms with Crippen molar-refractivity contribution < 1.29 is 4.79 Å². The van der Waals surface area contributed by atoms with E-state index in [4.69, 9.17) is 0 Å². The van der Waals surface area contributed by atoms with Gasteiger partial charge in [-0.15, -0.1) is 0 Å². The summed E-state index contributed by atoms with van der Waals surface area (Å²) in [5, 5.41) is -0.156. The summed E-state index contributed by atoms with van der Waals surface area (Å²) >= 11 is 4.21. The molecule has 1 saturated carbocycles. The van der Waals surface area contributed by atoms with Crippen molar-refractivity contribution in [1.29, 1.82) is 0 Å². The van der Waals surface area contributed by atoms with Gasteiger partial charge in [0.15, 0.2) is 0 Å². The number of hydrogen-bond acceptors (Lipinski definition) is 2. The highest BCUT2D eigenvalue weighted by molar-refractivity contribution is 7.81. The summed E-state index contributed by atoms with van der Waals surface area (Å²) in [6, 6.07) is 0.482. The first-order valence-corrected chi connectivity index (χ1v) is 6.17. The minimum absolute atomic E-state index is 0.156. The van der Waals surface area contributed by atoms with E-state index >= 15 is 0 Å². The molecular formula is C11H21NOS. The van der Waals surface area contributed by atoms with E-state index in [1.54, 1.807) is 0 Å². The molecule has 1 amide bonds. The predicted molar refractivity (Wildman–Crippen MR) is 62.7 cm³/mol. The first-order chi connectivity index (χ1) is 6.66. The van der Waals surface area contributed by atoms with Crippen LogP contribution in [0.25, 0.3) is 0 Å². The Labute approximate surface area is 92.5 Å². The second-order valence-electron chi connectivity index (χ2n) is 4.09. The van der Waals surface area contributed by atoms with Crippen molar-refractivity contribution in [3.05, 3.63) is 0 Å². The Morgan fingerprint density at radius 3 is 2.43 bits per heavy atom. The number of hydrogen-bond donors (Lipinski definition) is 1. The summed E-state index contributed by atoms with van der Waals surface area (Å²) in [4.78, 5) is 13.8. The molecule has 1 aliphatic carbocycles. The van der Waals surface area contributed by atoms with Crippen LogP contribution in [0.1, 0.15) is 46.0 Å². The van der Waals surface area contributed by atoms with Gasteiger partial charge < -0.3 is 4.90 Å². The van der Waals surface area contributed by atoms with Crippen molar-refractivity contribution in [3.8, 4) is 0 Å².